The van der Waals surface area contributed by atoms with E-state index in [-0.39, 0.29) is 5.41 Å². The lowest BCUT2D eigenvalue weighted by Gasteiger charge is -2.11. The van der Waals surface area contributed by atoms with Crippen LogP contribution in [0, 0.1) is 0 Å². The molecule has 5 heteroatoms. The van der Waals surface area contributed by atoms with Crippen LogP contribution in [0.1, 0.15) is 29.9 Å². The van der Waals surface area contributed by atoms with Gasteiger partial charge < -0.3 is 10.3 Å². The van der Waals surface area contributed by atoms with Crippen molar-refractivity contribution < 1.29 is 4.52 Å². The molecular formula is C21H18N4O. The van der Waals surface area contributed by atoms with Gasteiger partial charge in [-0.15, -0.1) is 0 Å². The zero-order valence-corrected chi connectivity index (χ0v) is 14.2. The van der Waals surface area contributed by atoms with Gasteiger partial charge in [0.05, 0.1) is 5.41 Å². The lowest BCUT2D eigenvalue weighted by atomic mass is 9.95. The summed E-state index contributed by atoms with van der Waals surface area (Å²) in [5.41, 5.74) is 8.62. The molecule has 5 nitrogen and oxygen atoms in total. The largest absolute Gasteiger partial charge is 0.338 e. The predicted molar refractivity (Wildman–Crippen MR) is 99.4 cm³/mol. The summed E-state index contributed by atoms with van der Waals surface area (Å²) in [4.78, 5) is 9.21. The van der Waals surface area contributed by atoms with Gasteiger partial charge in [-0.3, -0.25) is 4.98 Å². The van der Waals surface area contributed by atoms with E-state index in [9.17, 15) is 0 Å². The molecule has 2 heterocycles. The van der Waals surface area contributed by atoms with Gasteiger partial charge in [-0.25, -0.2) is 0 Å². The van der Waals surface area contributed by atoms with Crippen molar-refractivity contribution in [3.63, 3.8) is 0 Å². The van der Waals surface area contributed by atoms with Gasteiger partial charge >= 0.3 is 0 Å². The molecule has 0 aliphatic heterocycles. The van der Waals surface area contributed by atoms with Crippen molar-refractivity contribution in [1.29, 1.82) is 0 Å². The highest BCUT2D eigenvalue weighted by Crippen LogP contribution is 2.53. The second kappa shape index (κ2) is 5.75. The minimum atomic E-state index is -0.164. The number of benzene rings is 2. The number of hydrogen-bond acceptors (Lipinski definition) is 5. The van der Waals surface area contributed by atoms with Gasteiger partial charge in [-0.2, -0.15) is 4.98 Å². The third-order valence-corrected chi connectivity index (χ3v) is 5.21. The van der Waals surface area contributed by atoms with Crippen LogP contribution >= 0.6 is 0 Å². The Morgan fingerprint density at radius 3 is 2.58 bits per heavy atom. The fraction of sp³-hybridized carbons (Fsp3) is 0.190. The van der Waals surface area contributed by atoms with E-state index in [1.807, 2.05) is 24.3 Å². The van der Waals surface area contributed by atoms with Crippen LogP contribution in [0.4, 0.5) is 0 Å². The molecule has 128 valence electrons. The average molecular weight is 342 g/mol. The fourth-order valence-electron chi connectivity index (χ4n) is 3.52. The Morgan fingerprint density at radius 2 is 1.81 bits per heavy atom. The van der Waals surface area contributed by atoms with Gasteiger partial charge in [-0.1, -0.05) is 53.7 Å². The monoisotopic (exact) mass is 342 g/mol. The highest BCUT2D eigenvalue weighted by atomic mass is 16.5. The number of aromatic nitrogens is 3. The topological polar surface area (TPSA) is 77.8 Å². The standard InChI is InChI=1S/C21H18N4O/c22-13-14-5-7-16(8-6-14)21(10-11-21)20-24-19(25-26-20)18-17-4-2-1-3-15(17)9-12-23-18/h1-9,12H,10-11,13,22H2. The third-order valence-electron chi connectivity index (χ3n) is 5.21. The van der Waals surface area contributed by atoms with Crippen LogP contribution in [0.2, 0.25) is 0 Å². The summed E-state index contributed by atoms with van der Waals surface area (Å²) in [5, 5.41) is 6.37. The van der Waals surface area contributed by atoms with Crippen LogP contribution in [-0.2, 0) is 12.0 Å². The summed E-state index contributed by atoms with van der Waals surface area (Å²) in [6.07, 6.45) is 3.81. The maximum Gasteiger partial charge on any atom is 0.237 e. The molecule has 0 radical (unpaired) electrons. The minimum absolute atomic E-state index is 0.164. The Labute approximate surface area is 150 Å². The van der Waals surface area contributed by atoms with E-state index in [2.05, 4.69) is 40.5 Å². The van der Waals surface area contributed by atoms with E-state index in [1.54, 1.807) is 6.20 Å². The molecule has 0 amide bonds. The zero-order chi connectivity index (χ0) is 17.6. The maximum atomic E-state index is 5.70. The van der Waals surface area contributed by atoms with Gasteiger partial charge in [0.1, 0.15) is 5.69 Å². The van der Waals surface area contributed by atoms with E-state index >= 15 is 0 Å². The molecule has 0 bridgehead atoms. The summed E-state index contributed by atoms with van der Waals surface area (Å²) in [6.45, 7) is 0.546. The molecule has 0 unspecified atom stereocenters. The summed E-state index contributed by atoms with van der Waals surface area (Å²) < 4.78 is 5.68. The number of rotatable bonds is 4. The molecule has 26 heavy (non-hydrogen) atoms. The van der Waals surface area contributed by atoms with Gasteiger partial charge in [0, 0.05) is 18.1 Å². The highest BCUT2D eigenvalue weighted by Gasteiger charge is 2.51. The minimum Gasteiger partial charge on any atom is -0.338 e. The van der Waals surface area contributed by atoms with E-state index in [4.69, 9.17) is 15.2 Å². The zero-order valence-electron chi connectivity index (χ0n) is 14.2. The molecule has 5 rings (SSSR count). The number of nitrogens with two attached hydrogens (primary N) is 1. The molecule has 4 aromatic rings. The quantitative estimate of drug-likeness (QED) is 0.610. The molecule has 2 aromatic carbocycles. The Bertz CT molecular complexity index is 1080. The van der Waals surface area contributed by atoms with Gasteiger partial charge in [0.15, 0.2) is 0 Å². The molecule has 1 fully saturated rings. The van der Waals surface area contributed by atoms with Crippen molar-refractivity contribution in [2.24, 2.45) is 5.73 Å². The summed E-state index contributed by atoms with van der Waals surface area (Å²) in [7, 11) is 0. The maximum absolute atomic E-state index is 5.70. The van der Waals surface area contributed by atoms with Crippen LogP contribution < -0.4 is 5.73 Å². The number of hydrogen-bond donors (Lipinski definition) is 1. The molecule has 1 saturated carbocycles. The number of fused-ring (bicyclic) bond motifs is 1. The Kier molecular flexibility index (Phi) is 3.36. The lowest BCUT2D eigenvalue weighted by molar-refractivity contribution is 0.360. The number of pyridine rings is 1. The van der Waals surface area contributed by atoms with Crippen molar-refractivity contribution in [1.82, 2.24) is 15.1 Å². The normalized spacial score (nSPS) is 15.3. The molecular weight excluding hydrogens is 324 g/mol. The first kappa shape index (κ1) is 15.2. The molecule has 0 spiro atoms. The molecule has 1 aliphatic rings. The van der Waals surface area contributed by atoms with Crippen LogP contribution in [0.25, 0.3) is 22.3 Å². The summed E-state index contributed by atoms with van der Waals surface area (Å²) in [5.74, 6) is 1.21. The molecule has 0 saturated heterocycles. The number of nitrogens with zero attached hydrogens (tertiary/aromatic N) is 3. The highest BCUT2D eigenvalue weighted by molar-refractivity contribution is 5.92. The molecule has 2 N–H and O–H groups in total. The van der Waals surface area contributed by atoms with Crippen molar-refractivity contribution in [2.45, 2.75) is 24.8 Å². The Morgan fingerprint density at radius 1 is 1.00 bits per heavy atom. The molecule has 0 atom stereocenters. The van der Waals surface area contributed by atoms with E-state index in [0.29, 0.717) is 18.3 Å². The lowest BCUT2D eigenvalue weighted by Crippen LogP contribution is -2.09. The second-order valence-electron chi connectivity index (χ2n) is 6.79. The SMILES string of the molecule is NCc1ccc(C2(c3nc(-c4nccc5ccccc45)no3)CC2)cc1. The summed E-state index contributed by atoms with van der Waals surface area (Å²) >= 11 is 0. The Balaban J connectivity index is 1.55. The van der Waals surface area contributed by atoms with Crippen molar-refractivity contribution in [3.05, 3.63) is 77.8 Å². The van der Waals surface area contributed by atoms with Crippen molar-refractivity contribution >= 4 is 10.8 Å². The van der Waals surface area contributed by atoms with Crippen molar-refractivity contribution in [3.8, 4) is 11.5 Å². The third kappa shape index (κ3) is 2.32. The molecule has 1 aliphatic carbocycles. The van der Waals surface area contributed by atoms with Crippen LogP contribution in [-0.4, -0.2) is 15.1 Å². The van der Waals surface area contributed by atoms with Crippen LogP contribution in [0.15, 0.2) is 65.3 Å². The van der Waals surface area contributed by atoms with E-state index in [0.717, 1.165) is 34.9 Å². The van der Waals surface area contributed by atoms with Crippen molar-refractivity contribution in [2.75, 3.05) is 0 Å². The van der Waals surface area contributed by atoms with Gasteiger partial charge in [0.25, 0.3) is 0 Å². The summed E-state index contributed by atoms with van der Waals surface area (Å²) in [6, 6.07) is 18.5. The van der Waals surface area contributed by atoms with Crippen LogP contribution in [0.3, 0.4) is 0 Å². The first-order valence-electron chi connectivity index (χ1n) is 8.78. The smallest absolute Gasteiger partial charge is 0.237 e. The molecule has 2 aromatic heterocycles. The fourth-order valence-corrected chi connectivity index (χ4v) is 3.52. The Hall–Kier alpha value is -3.05. The van der Waals surface area contributed by atoms with Gasteiger partial charge in [-0.05, 0) is 35.4 Å². The van der Waals surface area contributed by atoms with E-state index < -0.39 is 0 Å². The van der Waals surface area contributed by atoms with Gasteiger partial charge in [0.2, 0.25) is 11.7 Å². The first-order chi connectivity index (χ1) is 12.8. The average Bonchev–Trinajstić information content (AvgIpc) is 3.37. The predicted octanol–water partition coefficient (Wildman–Crippen LogP) is 3.82. The van der Waals surface area contributed by atoms with E-state index in [1.165, 1.54) is 5.56 Å². The second-order valence-corrected chi connectivity index (χ2v) is 6.79. The van der Waals surface area contributed by atoms with Crippen LogP contribution in [0.5, 0.6) is 0 Å². The first-order valence-corrected chi connectivity index (χ1v) is 8.78.